The van der Waals surface area contributed by atoms with Gasteiger partial charge in [0.2, 0.25) is 5.91 Å². The molecule has 0 saturated heterocycles. The lowest BCUT2D eigenvalue weighted by Crippen LogP contribution is -2.33. The van der Waals surface area contributed by atoms with Crippen molar-refractivity contribution < 1.29 is 14.3 Å². The van der Waals surface area contributed by atoms with Crippen LogP contribution in [0.2, 0.25) is 0 Å². The lowest BCUT2D eigenvalue weighted by Gasteiger charge is -2.26. The normalized spacial score (nSPS) is 15.9. The zero-order valence-electron chi connectivity index (χ0n) is 13.9. The molecule has 7 heteroatoms. The summed E-state index contributed by atoms with van der Waals surface area (Å²) in [5.41, 5.74) is 0.642. The van der Waals surface area contributed by atoms with Crippen LogP contribution in [0.3, 0.4) is 0 Å². The van der Waals surface area contributed by atoms with Crippen LogP contribution in [-0.4, -0.2) is 28.4 Å². The van der Waals surface area contributed by atoms with Crippen LogP contribution in [0.25, 0.3) is 6.08 Å². The van der Waals surface area contributed by atoms with Crippen molar-refractivity contribution >= 4 is 29.0 Å². The SMILES string of the molecule is O=C(/C=C/c1cccs1)Nc1cnn(C[C@H]2COc3ccccc3O2)c1. The number of aromatic nitrogens is 2. The largest absolute Gasteiger partial charge is 0.486 e. The van der Waals surface area contributed by atoms with Crippen molar-refractivity contribution in [1.29, 1.82) is 0 Å². The number of hydrogen-bond acceptors (Lipinski definition) is 5. The Balaban J connectivity index is 1.33. The van der Waals surface area contributed by atoms with Gasteiger partial charge >= 0.3 is 0 Å². The summed E-state index contributed by atoms with van der Waals surface area (Å²) in [6.45, 7) is 0.997. The van der Waals surface area contributed by atoms with Crippen molar-refractivity contribution in [3.8, 4) is 11.5 Å². The molecule has 1 atom stereocenters. The van der Waals surface area contributed by atoms with Crippen LogP contribution in [0.4, 0.5) is 5.69 Å². The summed E-state index contributed by atoms with van der Waals surface area (Å²) in [6.07, 6.45) is 6.56. The van der Waals surface area contributed by atoms with Crippen LogP contribution in [0.5, 0.6) is 11.5 Å². The minimum atomic E-state index is -0.191. The lowest BCUT2D eigenvalue weighted by molar-refractivity contribution is -0.111. The number of carbonyl (C=O) groups is 1. The molecule has 0 aliphatic carbocycles. The van der Waals surface area contributed by atoms with Gasteiger partial charge in [0.1, 0.15) is 6.61 Å². The average molecular weight is 367 g/mol. The van der Waals surface area contributed by atoms with Crippen LogP contribution < -0.4 is 14.8 Å². The van der Waals surface area contributed by atoms with E-state index in [9.17, 15) is 4.79 Å². The molecule has 132 valence electrons. The molecule has 1 aliphatic heterocycles. The van der Waals surface area contributed by atoms with E-state index in [4.69, 9.17) is 9.47 Å². The van der Waals surface area contributed by atoms with E-state index in [2.05, 4.69) is 10.4 Å². The summed E-state index contributed by atoms with van der Waals surface area (Å²) < 4.78 is 13.4. The molecule has 0 bridgehead atoms. The summed E-state index contributed by atoms with van der Waals surface area (Å²) in [6, 6.07) is 11.5. The van der Waals surface area contributed by atoms with Gasteiger partial charge in [-0.15, -0.1) is 11.3 Å². The molecule has 0 radical (unpaired) electrons. The summed E-state index contributed by atoms with van der Waals surface area (Å²) in [5.74, 6) is 1.31. The van der Waals surface area contributed by atoms with E-state index in [-0.39, 0.29) is 12.0 Å². The van der Waals surface area contributed by atoms with Crippen molar-refractivity contribution in [3.63, 3.8) is 0 Å². The summed E-state index contributed by atoms with van der Waals surface area (Å²) >= 11 is 1.58. The second-order valence-corrected chi connectivity index (χ2v) is 6.77. The number of thiophene rings is 1. The number of hydrogen-bond donors (Lipinski definition) is 1. The van der Waals surface area contributed by atoms with E-state index in [0.717, 1.165) is 16.4 Å². The van der Waals surface area contributed by atoms with Crippen molar-refractivity contribution in [2.24, 2.45) is 0 Å². The monoisotopic (exact) mass is 367 g/mol. The molecule has 3 heterocycles. The van der Waals surface area contributed by atoms with Crippen molar-refractivity contribution in [3.05, 3.63) is 65.1 Å². The molecule has 1 amide bonds. The summed E-state index contributed by atoms with van der Waals surface area (Å²) in [4.78, 5) is 13.0. The predicted molar refractivity (Wildman–Crippen MR) is 101 cm³/mol. The number of carbonyl (C=O) groups excluding carboxylic acids is 1. The predicted octanol–water partition coefficient (Wildman–Crippen LogP) is 3.44. The third-order valence-corrected chi connectivity index (χ3v) is 4.64. The number of anilines is 1. The van der Waals surface area contributed by atoms with Gasteiger partial charge in [-0.25, -0.2) is 0 Å². The van der Waals surface area contributed by atoms with E-state index < -0.39 is 0 Å². The third kappa shape index (κ3) is 3.94. The second-order valence-electron chi connectivity index (χ2n) is 5.79. The minimum Gasteiger partial charge on any atom is -0.486 e. The topological polar surface area (TPSA) is 65.4 Å². The second kappa shape index (κ2) is 7.45. The highest BCUT2D eigenvalue weighted by molar-refractivity contribution is 7.10. The number of nitrogens with zero attached hydrogens (tertiary/aromatic N) is 2. The first-order chi connectivity index (χ1) is 12.8. The maximum atomic E-state index is 12.0. The number of rotatable bonds is 5. The van der Waals surface area contributed by atoms with Gasteiger partial charge in [-0.3, -0.25) is 9.48 Å². The number of nitrogens with one attached hydrogen (secondary N) is 1. The Morgan fingerprint density at radius 2 is 2.19 bits per heavy atom. The average Bonchev–Trinajstić information content (AvgIpc) is 3.32. The van der Waals surface area contributed by atoms with Gasteiger partial charge in [-0.1, -0.05) is 18.2 Å². The number of benzene rings is 1. The number of fused-ring (bicyclic) bond motifs is 1. The Labute approximate surface area is 154 Å². The van der Waals surface area contributed by atoms with E-state index >= 15 is 0 Å². The van der Waals surface area contributed by atoms with Gasteiger partial charge in [-0.2, -0.15) is 5.10 Å². The molecular formula is C19H17N3O3S. The Hall–Kier alpha value is -3.06. The Kier molecular flexibility index (Phi) is 4.70. The van der Waals surface area contributed by atoms with Gasteiger partial charge in [-0.05, 0) is 29.7 Å². The van der Waals surface area contributed by atoms with E-state index in [1.165, 1.54) is 6.08 Å². The van der Waals surface area contributed by atoms with Crippen LogP contribution in [0.1, 0.15) is 4.88 Å². The summed E-state index contributed by atoms with van der Waals surface area (Å²) in [7, 11) is 0. The first kappa shape index (κ1) is 16.4. The van der Waals surface area contributed by atoms with Gasteiger partial charge in [0.15, 0.2) is 17.6 Å². The van der Waals surface area contributed by atoms with Crippen LogP contribution >= 0.6 is 11.3 Å². The highest BCUT2D eigenvalue weighted by Crippen LogP contribution is 2.31. The van der Waals surface area contributed by atoms with Gasteiger partial charge in [0.25, 0.3) is 0 Å². The molecule has 3 aromatic rings. The van der Waals surface area contributed by atoms with Crippen molar-refractivity contribution in [2.45, 2.75) is 12.6 Å². The van der Waals surface area contributed by atoms with E-state index in [1.54, 1.807) is 34.5 Å². The first-order valence-electron chi connectivity index (χ1n) is 8.20. The quantitative estimate of drug-likeness (QED) is 0.702. The molecule has 1 aliphatic rings. The number of para-hydroxylation sites is 2. The van der Waals surface area contributed by atoms with Crippen LogP contribution in [0, 0.1) is 0 Å². The maximum absolute atomic E-state index is 12.0. The van der Waals surface area contributed by atoms with E-state index in [0.29, 0.717) is 18.8 Å². The molecule has 26 heavy (non-hydrogen) atoms. The molecule has 1 N–H and O–H groups in total. The standard InChI is InChI=1S/C19H17N3O3S/c23-19(8-7-16-4-3-9-26-16)21-14-10-20-22(11-14)12-15-13-24-17-5-1-2-6-18(17)25-15/h1-11,15H,12-13H2,(H,21,23)/b8-7+/t15-/m0/s1. The zero-order valence-corrected chi connectivity index (χ0v) is 14.7. The number of ether oxygens (including phenoxy) is 2. The Bertz CT molecular complexity index is 918. The molecule has 4 rings (SSSR count). The highest BCUT2D eigenvalue weighted by Gasteiger charge is 2.21. The minimum absolute atomic E-state index is 0.132. The van der Waals surface area contributed by atoms with Gasteiger partial charge < -0.3 is 14.8 Å². The van der Waals surface area contributed by atoms with Crippen LogP contribution in [-0.2, 0) is 11.3 Å². The van der Waals surface area contributed by atoms with E-state index in [1.807, 2.05) is 41.8 Å². The Morgan fingerprint density at radius 3 is 3.04 bits per heavy atom. The van der Waals surface area contributed by atoms with Crippen molar-refractivity contribution in [1.82, 2.24) is 9.78 Å². The fourth-order valence-corrected chi connectivity index (χ4v) is 3.24. The smallest absolute Gasteiger partial charge is 0.248 e. The van der Waals surface area contributed by atoms with Gasteiger partial charge in [0, 0.05) is 17.2 Å². The Morgan fingerprint density at radius 1 is 1.31 bits per heavy atom. The van der Waals surface area contributed by atoms with Crippen molar-refractivity contribution in [2.75, 3.05) is 11.9 Å². The molecule has 0 saturated carbocycles. The molecule has 0 unspecified atom stereocenters. The molecule has 0 spiro atoms. The molecular weight excluding hydrogens is 350 g/mol. The lowest BCUT2D eigenvalue weighted by atomic mass is 10.2. The number of amides is 1. The highest BCUT2D eigenvalue weighted by atomic mass is 32.1. The molecule has 1 aromatic carbocycles. The summed E-state index contributed by atoms with van der Waals surface area (Å²) in [5, 5.41) is 9.04. The fraction of sp³-hybridized carbons (Fsp3) is 0.158. The van der Waals surface area contributed by atoms with Crippen LogP contribution in [0.15, 0.2) is 60.2 Å². The molecule has 6 nitrogen and oxygen atoms in total. The first-order valence-corrected chi connectivity index (χ1v) is 9.08. The fourth-order valence-electron chi connectivity index (χ4n) is 2.62. The van der Waals surface area contributed by atoms with Gasteiger partial charge in [0.05, 0.1) is 18.4 Å². The molecule has 0 fully saturated rings. The third-order valence-electron chi connectivity index (χ3n) is 3.80. The maximum Gasteiger partial charge on any atom is 0.248 e. The zero-order chi connectivity index (χ0) is 17.8. The molecule has 2 aromatic heterocycles.